The number of anilines is 1. The summed E-state index contributed by atoms with van der Waals surface area (Å²) < 4.78 is 39.1. The molecule has 0 amide bonds. The molecule has 0 aromatic heterocycles. The van der Waals surface area contributed by atoms with Gasteiger partial charge in [-0.1, -0.05) is 6.07 Å². The predicted octanol–water partition coefficient (Wildman–Crippen LogP) is 3.14. The normalized spacial score (nSPS) is 14.3. The van der Waals surface area contributed by atoms with Crippen molar-refractivity contribution in [3.63, 3.8) is 0 Å². The molecule has 0 unspecified atom stereocenters. The molecule has 1 aliphatic rings. The highest BCUT2D eigenvalue weighted by Gasteiger charge is 2.30. The molecule has 0 aliphatic heterocycles. The topological polar surface area (TPSA) is 128 Å². The Hall–Kier alpha value is -2.33. The molecular weight excluding hydrogens is 402 g/mol. The van der Waals surface area contributed by atoms with Crippen LogP contribution in [0.15, 0.2) is 18.2 Å². The number of carboxylic acid groups (broad SMARTS) is 1. The summed E-state index contributed by atoms with van der Waals surface area (Å²) >= 11 is 0. The van der Waals surface area contributed by atoms with Crippen LogP contribution >= 0.6 is 0 Å². The minimum atomic E-state index is -4.57. The van der Waals surface area contributed by atoms with E-state index in [9.17, 15) is 18.0 Å². The van der Waals surface area contributed by atoms with Gasteiger partial charge in [0.25, 0.3) is 0 Å². The Morgan fingerprint density at radius 2 is 1.93 bits per heavy atom. The van der Waals surface area contributed by atoms with Crippen molar-refractivity contribution in [2.24, 2.45) is 5.92 Å². The molecule has 29 heavy (non-hydrogen) atoms. The SMILES string of the molecule is CC(C)(C)OC(=O)S(=O)(=O)OCNc1cc(CCC(=O)O)ccc1OCC1CC1. The summed E-state index contributed by atoms with van der Waals surface area (Å²) in [6.45, 7) is 4.67. The molecule has 162 valence electrons. The van der Waals surface area contributed by atoms with E-state index in [1.807, 2.05) is 0 Å². The minimum absolute atomic E-state index is 0.0365. The molecule has 1 aromatic carbocycles. The lowest BCUT2D eigenvalue weighted by atomic mass is 10.1. The fourth-order valence-corrected chi connectivity index (χ4v) is 2.94. The van der Waals surface area contributed by atoms with Gasteiger partial charge in [-0.05, 0) is 63.6 Å². The Bertz CT molecular complexity index is 840. The molecule has 0 saturated heterocycles. The summed E-state index contributed by atoms with van der Waals surface area (Å²) in [7, 11) is -4.57. The Morgan fingerprint density at radius 3 is 2.52 bits per heavy atom. The summed E-state index contributed by atoms with van der Waals surface area (Å²) in [4.78, 5) is 22.5. The molecule has 1 saturated carbocycles. The van der Waals surface area contributed by atoms with E-state index < -0.39 is 33.7 Å². The van der Waals surface area contributed by atoms with Crippen LogP contribution in [0.25, 0.3) is 0 Å². The number of benzene rings is 1. The summed E-state index contributed by atoms with van der Waals surface area (Å²) in [5.41, 5.74) is 0.222. The number of ether oxygens (including phenoxy) is 2. The maximum absolute atomic E-state index is 11.9. The van der Waals surface area contributed by atoms with Crippen LogP contribution in [-0.4, -0.2) is 43.7 Å². The third-order valence-corrected chi connectivity index (χ3v) is 4.83. The van der Waals surface area contributed by atoms with Gasteiger partial charge in [-0.3, -0.25) is 4.79 Å². The molecule has 0 radical (unpaired) electrons. The maximum Gasteiger partial charge on any atom is 0.452 e. The highest BCUT2D eigenvalue weighted by Crippen LogP contribution is 2.32. The molecule has 0 bridgehead atoms. The van der Waals surface area contributed by atoms with Gasteiger partial charge in [0.05, 0.1) is 12.3 Å². The smallest absolute Gasteiger partial charge is 0.452 e. The van der Waals surface area contributed by atoms with Gasteiger partial charge < -0.3 is 19.9 Å². The van der Waals surface area contributed by atoms with Crippen molar-refractivity contribution < 1.29 is 36.8 Å². The molecule has 10 heteroatoms. The molecule has 9 nitrogen and oxygen atoms in total. The first kappa shape index (κ1) is 23.0. The molecule has 0 heterocycles. The van der Waals surface area contributed by atoms with E-state index in [4.69, 9.17) is 18.8 Å². The quantitative estimate of drug-likeness (QED) is 0.327. The van der Waals surface area contributed by atoms with Crippen LogP contribution in [0, 0.1) is 5.92 Å². The number of carbonyl (C=O) groups excluding carboxylic acids is 1. The summed E-state index contributed by atoms with van der Waals surface area (Å²) in [6.07, 6.45) is 2.49. The largest absolute Gasteiger partial charge is 0.491 e. The first-order valence-electron chi connectivity index (χ1n) is 9.30. The van der Waals surface area contributed by atoms with Crippen molar-refractivity contribution >= 4 is 27.1 Å². The van der Waals surface area contributed by atoms with Crippen LogP contribution in [0.5, 0.6) is 5.75 Å². The molecule has 1 aromatic rings. The lowest BCUT2D eigenvalue weighted by Gasteiger charge is -2.19. The number of aryl methyl sites for hydroxylation is 1. The van der Waals surface area contributed by atoms with E-state index in [0.717, 1.165) is 18.4 Å². The van der Waals surface area contributed by atoms with Crippen molar-refractivity contribution in [1.29, 1.82) is 0 Å². The Morgan fingerprint density at radius 1 is 1.24 bits per heavy atom. The van der Waals surface area contributed by atoms with Crippen LogP contribution in [0.3, 0.4) is 0 Å². The van der Waals surface area contributed by atoms with E-state index >= 15 is 0 Å². The summed E-state index contributed by atoms with van der Waals surface area (Å²) in [5, 5.41) is 10.2. The molecule has 1 aliphatic carbocycles. The van der Waals surface area contributed by atoms with Crippen LogP contribution in [-0.2, 0) is 30.3 Å². The van der Waals surface area contributed by atoms with E-state index in [0.29, 0.717) is 30.4 Å². The summed E-state index contributed by atoms with van der Waals surface area (Å²) in [5.74, 6) is 0.0907. The number of rotatable bonds is 10. The molecule has 2 N–H and O–H groups in total. The van der Waals surface area contributed by atoms with Gasteiger partial charge in [-0.2, -0.15) is 8.42 Å². The third-order valence-electron chi connectivity index (χ3n) is 3.91. The lowest BCUT2D eigenvalue weighted by Crippen LogP contribution is -2.30. The third kappa shape index (κ3) is 8.28. The van der Waals surface area contributed by atoms with Gasteiger partial charge in [-0.15, -0.1) is 0 Å². The molecule has 0 spiro atoms. The van der Waals surface area contributed by atoms with Crippen LogP contribution < -0.4 is 10.1 Å². The van der Waals surface area contributed by atoms with E-state index in [1.165, 1.54) is 0 Å². The maximum atomic E-state index is 11.9. The average Bonchev–Trinajstić information content (AvgIpc) is 3.41. The summed E-state index contributed by atoms with van der Waals surface area (Å²) in [6, 6.07) is 5.13. The first-order chi connectivity index (χ1) is 13.5. The van der Waals surface area contributed by atoms with Gasteiger partial charge in [0.2, 0.25) is 0 Å². The highest BCUT2D eigenvalue weighted by molar-refractivity contribution is 8.01. The average molecular weight is 429 g/mol. The van der Waals surface area contributed by atoms with Gasteiger partial charge in [0, 0.05) is 6.42 Å². The van der Waals surface area contributed by atoms with E-state index in [2.05, 4.69) is 5.32 Å². The van der Waals surface area contributed by atoms with E-state index in [1.54, 1.807) is 39.0 Å². The highest BCUT2D eigenvalue weighted by atomic mass is 32.2. The molecule has 1 fully saturated rings. The molecular formula is C19H27NO8S. The van der Waals surface area contributed by atoms with E-state index in [-0.39, 0.29) is 6.42 Å². The number of carboxylic acids is 1. The van der Waals surface area contributed by atoms with Crippen molar-refractivity contribution in [2.45, 2.75) is 52.1 Å². The van der Waals surface area contributed by atoms with Crippen molar-refractivity contribution in [2.75, 3.05) is 18.7 Å². The zero-order valence-electron chi connectivity index (χ0n) is 16.8. The fourth-order valence-electron chi connectivity index (χ4n) is 2.27. The second-order valence-corrected chi connectivity index (χ2v) is 9.31. The van der Waals surface area contributed by atoms with Crippen molar-refractivity contribution in [1.82, 2.24) is 0 Å². The Kier molecular flexibility index (Phi) is 7.48. The van der Waals surface area contributed by atoms with Gasteiger partial charge >= 0.3 is 21.4 Å². The van der Waals surface area contributed by atoms with Crippen LogP contribution in [0.1, 0.15) is 45.6 Å². The second-order valence-electron chi connectivity index (χ2n) is 7.84. The Labute approximate surface area is 170 Å². The zero-order valence-corrected chi connectivity index (χ0v) is 17.6. The van der Waals surface area contributed by atoms with Crippen molar-refractivity contribution in [3.05, 3.63) is 23.8 Å². The van der Waals surface area contributed by atoms with Crippen LogP contribution in [0.4, 0.5) is 10.5 Å². The number of hydrogen-bond donors (Lipinski definition) is 2. The fraction of sp³-hybridized carbons (Fsp3) is 0.579. The van der Waals surface area contributed by atoms with Crippen molar-refractivity contribution in [3.8, 4) is 5.75 Å². The number of nitrogens with one attached hydrogen (secondary N) is 1. The zero-order chi connectivity index (χ0) is 21.7. The lowest BCUT2D eigenvalue weighted by molar-refractivity contribution is -0.136. The van der Waals surface area contributed by atoms with Gasteiger partial charge in [0.15, 0.2) is 0 Å². The predicted molar refractivity (Wildman–Crippen MR) is 105 cm³/mol. The molecule has 0 atom stereocenters. The minimum Gasteiger partial charge on any atom is -0.491 e. The first-order valence-corrected chi connectivity index (χ1v) is 10.7. The number of carbonyl (C=O) groups is 2. The number of hydrogen-bond acceptors (Lipinski definition) is 8. The Balaban J connectivity index is 2.02. The van der Waals surface area contributed by atoms with Gasteiger partial charge in [0.1, 0.15) is 18.1 Å². The number of aliphatic carboxylic acids is 1. The standard InChI is InChI=1S/C19H27NO8S/c1-19(2,3)28-18(23)29(24,25)27-12-20-15-10-13(7-9-17(21)22)6-8-16(15)26-11-14-4-5-14/h6,8,10,14,20H,4-5,7,9,11-12H2,1-3H3,(H,21,22). The molecule has 2 rings (SSSR count). The monoisotopic (exact) mass is 429 g/mol. The second kappa shape index (κ2) is 9.45. The van der Waals surface area contributed by atoms with Crippen LogP contribution in [0.2, 0.25) is 0 Å². The van der Waals surface area contributed by atoms with Gasteiger partial charge in [-0.25, -0.2) is 8.98 Å².